The van der Waals surface area contributed by atoms with Crippen molar-refractivity contribution in [1.82, 2.24) is 10.2 Å². The molecule has 1 aliphatic carbocycles. The SMILES string of the molecule is CC(CC(=O)N1CCCC(O)(C(=O)O)C1)NC(=O)OCC1c2ccccc2-c2ccccc21. The number of β-amino-alcohol motifs (C(OH)–C–C–N with tert-alkyl or cyclic N) is 1. The first-order valence-electron chi connectivity index (χ1n) is 11.1. The highest BCUT2D eigenvalue weighted by atomic mass is 16.5. The summed E-state index contributed by atoms with van der Waals surface area (Å²) < 4.78 is 5.51. The summed E-state index contributed by atoms with van der Waals surface area (Å²) >= 11 is 0. The Hall–Kier alpha value is -3.39. The summed E-state index contributed by atoms with van der Waals surface area (Å²) in [7, 11) is 0. The molecule has 0 spiro atoms. The van der Waals surface area contributed by atoms with Gasteiger partial charge in [0.05, 0.1) is 6.54 Å². The van der Waals surface area contributed by atoms with Gasteiger partial charge in [-0.05, 0) is 42.0 Å². The molecule has 2 aliphatic rings. The molecule has 0 aromatic heterocycles. The number of carbonyl (C=O) groups excluding carboxylic acids is 2. The topological polar surface area (TPSA) is 116 Å². The Morgan fingerprint density at radius 3 is 2.33 bits per heavy atom. The Labute approximate surface area is 192 Å². The average Bonchev–Trinajstić information content (AvgIpc) is 3.11. The molecule has 2 aromatic rings. The Bertz CT molecular complexity index is 1020. The molecule has 4 rings (SSSR count). The van der Waals surface area contributed by atoms with Crippen LogP contribution in [0.3, 0.4) is 0 Å². The van der Waals surface area contributed by atoms with Gasteiger partial charge in [-0.15, -0.1) is 0 Å². The number of likely N-dealkylation sites (tertiary alicyclic amines) is 1. The first-order chi connectivity index (χ1) is 15.8. The second kappa shape index (κ2) is 9.23. The number of hydrogen-bond donors (Lipinski definition) is 3. The zero-order chi connectivity index (χ0) is 23.6. The van der Waals surface area contributed by atoms with Crippen LogP contribution in [0.25, 0.3) is 11.1 Å². The summed E-state index contributed by atoms with van der Waals surface area (Å²) in [5.41, 5.74) is 2.60. The number of benzene rings is 2. The lowest BCUT2D eigenvalue weighted by Crippen LogP contribution is -2.55. The van der Waals surface area contributed by atoms with Gasteiger partial charge in [0.2, 0.25) is 5.91 Å². The summed E-state index contributed by atoms with van der Waals surface area (Å²) in [6, 6.07) is 15.6. The van der Waals surface area contributed by atoms with E-state index in [1.807, 2.05) is 36.4 Å². The van der Waals surface area contributed by atoms with E-state index in [0.717, 1.165) is 22.3 Å². The molecule has 33 heavy (non-hydrogen) atoms. The van der Waals surface area contributed by atoms with Gasteiger partial charge in [-0.3, -0.25) is 4.79 Å². The molecule has 1 heterocycles. The predicted octanol–water partition coefficient (Wildman–Crippen LogP) is 2.74. The molecule has 0 bridgehead atoms. The number of carbonyl (C=O) groups is 3. The van der Waals surface area contributed by atoms with Crippen molar-refractivity contribution in [2.45, 2.75) is 43.7 Å². The fourth-order valence-corrected chi connectivity index (χ4v) is 4.71. The van der Waals surface area contributed by atoms with Gasteiger partial charge in [-0.2, -0.15) is 0 Å². The van der Waals surface area contributed by atoms with E-state index in [9.17, 15) is 24.6 Å². The van der Waals surface area contributed by atoms with Crippen molar-refractivity contribution in [1.29, 1.82) is 0 Å². The van der Waals surface area contributed by atoms with E-state index in [1.165, 1.54) is 4.90 Å². The van der Waals surface area contributed by atoms with E-state index < -0.39 is 23.7 Å². The number of ether oxygens (including phenoxy) is 1. The number of rotatable bonds is 6. The third-order valence-corrected chi connectivity index (χ3v) is 6.41. The van der Waals surface area contributed by atoms with Crippen LogP contribution in [0.5, 0.6) is 0 Å². The molecule has 8 heteroatoms. The smallest absolute Gasteiger partial charge is 0.407 e. The van der Waals surface area contributed by atoms with Crippen molar-refractivity contribution < 1.29 is 29.3 Å². The highest BCUT2D eigenvalue weighted by Crippen LogP contribution is 2.44. The fraction of sp³-hybridized carbons (Fsp3) is 0.400. The monoisotopic (exact) mass is 452 g/mol. The summed E-state index contributed by atoms with van der Waals surface area (Å²) in [5.74, 6) is -1.70. The first-order valence-corrected chi connectivity index (χ1v) is 11.1. The van der Waals surface area contributed by atoms with E-state index in [0.29, 0.717) is 13.0 Å². The van der Waals surface area contributed by atoms with E-state index in [1.54, 1.807) is 6.92 Å². The minimum absolute atomic E-state index is 0.0140. The summed E-state index contributed by atoms with van der Waals surface area (Å²) in [5, 5.41) is 22.1. The van der Waals surface area contributed by atoms with Crippen molar-refractivity contribution in [3.63, 3.8) is 0 Å². The minimum Gasteiger partial charge on any atom is -0.479 e. The lowest BCUT2D eigenvalue weighted by atomic mass is 9.92. The lowest BCUT2D eigenvalue weighted by Gasteiger charge is -2.36. The number of fused-ring (bicyclic) bond motifs is 3. The molecule has 1 fully saturated rings. The predicted molar refractivity (Wildman–Crippen MR) is 121 cm³/mol. The molecule has 0 radical (unpaired) electrons. The van der Waals surface area contributed by atoms with Gasteiger partial charge >= 0.3 is 12.1 Å². The zero-order valence-electron chi connectivity index (χ0n) is 18.5. The van der Waals surface area contributed by atoms with Crippen LogP contribution >= 0.6 is 0 Å². The number of aliphatic carboxylic acids is 1. The standard InChI is InChI=1S/C25H28N2O6/c1-16(13-22(28)27-12-6-11-25(32,15-27)23(29)30)26-24(31)33-14-21-19-9-4-2-7-17(19)18-8-3-5-10-20(18)21/h2-5,7-10,16,21,32H,6,11-15H2,1H3,(H,26,31)(H,29,30). The maximum absolute atomic E-state index is 12.6. The maximum Gasteiger partial charge on any atom is 0.407 e. The van der Waals surface area contributed by atoms with Crippen molar-refractivity contribution >= 4 is 18.0 Å². The zero-order valence-corrected chi connectivity index (χ0v) is 18.5. The van der Waals surface area contributed by atoms with Crippen LogP contribution < -0.4 is 5.32 Å². The van der Waals surface area contributed by atoms with Crippen molar-refractivity contribution in [2.75, 3.05) is 19.7 Å². The number of nitrogens with zero attached hydrogens (tertiary/aromatic N) is 1. The number of amides is 2. The molecule has 2 aromatic carbocycles. The van der Waals surface area contributed by atoms with Crippen LogP contribution in [0.4, 0.5) is 4.79 Å². The average molecular weight is 453 g/mol. The van der Waals surface area contributed by atoms with Gasteiger partial charge < -0.3 is 25.2 Å². The summed E-state index contributed by atoms with van der Waals surface area (Å²) in [6.07, 6.45) is -0.111. The Morgan fingerprint density at radius 1 is 1.12 bits per heavy atom. The Morgan fingerprint density at radius 2 is 1.73 bits per heavy atom. The highest BCUT2D eigenvalue weighted by molar-refractivity contribution is 5.82. The fourth-order valence-electron chi connectivity index (χ4n) is 4.71. The van der Waals surface area contributed by atoms with Gasteiger partial charge in [-0.25, -0.2) is 9.59 Å². The minimum atomic E-state index is -1.92. The quantitative estimate of drug-likeness (QED) is 0.621. The van der Waals surface area contributed by atoms with Gasteiger partial charge in [0.25, 0.3) is 0 Å². The lowest BCUT2D eigenvalue weighted by molar-refractivity contribution is -0.166. The van der Waals surface area contributed by atoms with Gasteiger partial charge in [0, 0.05) is 24.9 Å². The van der Waals surface area contributed by atoms with Crippen molar-refractivity contribution in [3.05, 3.63) is 59.7 Å². The van der Waals surface area contributed by atoms with Gasteiger partial charge in [-0.1, -0.05) is 48.5 Å². The summed E-state index contributed by atoms with van der Waals surface area (Å²) in [4.78, 5) is 37.6. The van der Waals surface area contributed by atoms with Crippen LogP contribution in [0.1, 0.15) is 43.2 Å². The van der Waals surface area contributed by atoms with Crippen LogP contribution in [0.2, 0.25) is 0 Å². The number of piperidine rings is 1. The Balaban J connectivity index is 1.31. The molecule has 2 unspecified atom stereocenters. The largest absolute Gasteiger partial charge is 0.479 e. The third-order valence-electron chi connectivity index (χ3n) is 6.41. The maximum atomic E-state index is 12.6. The number of hydrogen-bond acceptors (Lipinski definition) is 5. The van der Waals surface area contributed by atoms with Crippen molar-refractivity contribution in [3.8, 4) is 11.1 Å². The second-order valence-corrected chi connectivity index (χ2v) is 8.83. The van der Waals surface area contributed by atoms with E-state index in [-0.39, 0.29) is 37.8 Å². The van der Waals surface area contributed by atoms with E-state index in [2.05, 4.69) is 17.4 Å². The molecule has 1 saturated heterocycles. The normalized spacial score (nSPS) is 20.5. The second-order valence-electron chi connectivity index (χ2n) is 8.83. The van der Waals surface area contributed by atoms with Gasteiger partial charge in [0.15, 0.2) is 5.60 Å². The molecule has 2 atom stereocenters. The van der Waals surface area contributed by atoms with Crippen molar-refractivity contribution in [2.24, 2.45) is 0 Å². The number of nitrogens with one attached hydrogen (secondary N) is 1. The van der Waals surface area contributed by atoms with Crippen LogP contribution in [-0.2, 0) is 14.3 Å². The highest BCUT2D eigenvalue weighted by Gasteiger charge is 2.41. The number of alkyl carbamates (subject to hydrolysis) is 1. The molecule has 1 aliphatic heterocycles. The molecule has 3 N–H and O–H groups in total. The molecular formula is C25H28N2O6. The van der Waals surface area contributed by atoms with E-state index in [4.69, 9.17) is 4.74 Å². The third kappa shape index (κ3) is 4.71. The molecule has 0 saturated carbocycles. The summed E-state index contributed by atoms with van der Waals surface area (Å²) in [6.45, 7) is 2.00. The first kappa shape index (κ1) is 22.8. The van der Waals surface area contributed by atoms with Crippen LogP contribution in [-0.4, -0.2) is 64.4 Å². The molecule has 2 amide bonds. The van der Waals surface area contributed by atoms with Crippen LogP contribution in [0, 0.1) is 0 Å². The van der Waals surface area contributed by atoms with E-state index >= 15 is 0 Å². The van der Waals surface area contributed by atoms with Crippen LogP contribution in [0.15, 0.2) is 48.5 Å². The molecule has 8 nitrogen and oxygen atoms in total. The number of aliphatic hydroxyl groups is 1. The van der Waals surface area contributed by atoms with Gasteiger partial charge in [0.1, 0.15) is 6.61 Å². The molecule has 174 valence electrons. The Kier molecular flexibility index (Phi) is 6.37. The number of carboxylic acid groups (broad SMARTS) is 1. The number of carboxylic acids is 1. The molecular weight excluding hydrogens is 424 g/mol.